The van der Waals surface area contributed by atoms with Gasteiger partial charge in [0.25, 0.3) is 5.56 Å². The second kappa shape index (κ2) is 8.38. The number of nitrogens with one attached hydrogen (secondary N) is 1. The summed E-state index contributed by atoms with van der Waals surface area (Å²) in [6.45, 7) is -0.351. The lowest BCUT2D eigenvalue weighted by atomic mass is 10.1. The average molecular weight is 412 g/mol. The molecule has 1 amide bonds. The van der Waals surface area contributed by atoms with Gasteiger partial charge in [-0.05, 0) is 18.2 Å². The van der Waals surface area contributed by atoms with Crippen LogP contribution in [0.25, 0.3) is 11.3 Å². The summed E-state index contributed by atoms with van der Waals surface area (Å²) in [4.78, 5) is 24.6. The third-order valence-corrected chi connectivity index (χ3v) is 6.02. The molecule has 0 bridgehead atoms. The topological polar surface area (TPSA) is 101 Å². The lowest BCUT2D eigenvalue weighted by molar-refractivity contribution is -0.117. The van der Waals surface area contributed by atoms with Crippen molar-refractivity contribution in [3.8, 4) is 11.3 Å². The Balaban J connectivity index is 1.85. The molecule has 3 rings (SSSR count). The summed E-state index contributed by atoms with van der Waals surface area (Å²) >= 11 is 0. The second-order valence-corrected chi connectivity index (χ2v) is 8.53. The van der Waals surface area contributed by atoms with Crippen molar-refractivity contribution in [3.05, 3.63) is 77.1 Å². The van der Waals surface area contributed by atoms with Crippen molar-refractivity contribution >= 4 is 21.6 Å². The number of para-hydroxylation sites is 1. The number of carbonyl (C=O) groups excluding carboxylic acids is 1. The van der Waals surface area contributed by atoms with E-state index >= 15 is 0 Å². The summed E-state index contributed by atoms with van der Waals surface area (Å²) in [5, 5.41) is 6.80. The van der Waals surface area contributed by atoms with Gasteiger partial charge in [0.2, 0.25) is 15.9 Å². The van der Waals surface area contributed by atoms with Crippen LogP contribution in [-0.4, -0.2) is 42.5 Å². The van der Waals surface area contributed by atoms with Crippen molar-refractivity contribution in [2.45, 2.75) is 11.4 Å². The van der Waals surface area contributed by atoms with E-state index in [0.717, 1.165) is 14.6 Å². The first-order valence-corrected chi connectivity index (χ1v) is 10.2. The Morgan fingerprint density at radius 2 is 1.66 bits per heavy atom. The fraction of sp³-hybridized carbons (Fsp3) is 0.150. The van der Waals surface area contributed by atoms with E-state index < -0.39 is 21.5 Å². The van der Waals surface area contributed by atoms with Crippen molar-refractivity contribution in [1.29, 1.82) is 0 Å². The molecular formula is C20H20N4O4S. The zero-order valence-electron chi connectivity index (χ0n) is 15.9. The van der Waals surface area contributed by atoms with E-state index in [1.165, 1.54) is 32.3 Å². The fourth-order valence-corrected chi connectivity index (χ4v) is 3.68. The number of nitrogens with zero attached hydrogens (tertiary/aromatic N) is 3. The molecule has 0 aliphatic heterocycles. The van der Waals surface area contributed by atoms with Gasteiger partial charge in [-0.1, -0.05) is 42.5 Å². The first kappa shape index (κ1) is 20.4. The maximum absolute atomic E-state index is 12.5. The Hall–Kier alpha value is -3.30. The van der Waals surface area contributed by atoms with Crippen LogP contribution in [0.2, 0.25) is 0 Å². The molecule has 0 saturated heterocycles. The van der Waals surface area contributed by atoms with Gasteiger partial charge in [-0.15, -0.1) is 0 Å². The predicted molar refractivity (Wildman–Crippen MR) is 110 cm³/mol. The highest BCUT2D eigenvalue weighted by Crippen LogP contribution is 2.23. The zero-order valence-corrected chi connectivity index (χ0v) is 16.8. The van der Waals surface area contributed by atoms with Crippen LogP contribution in [0.5, 0.6) is 0 Å². The van der Waals surface area contributed by atoms with Crippen molar-refractivity contribution < 1.29 is 13.2 Å². The summed E-state index contributed by atoms with van der Waals surface area (Å²) < 4.78 is 27.0. The van der Waals surface area contributed by atoms with E-state index in [-0.39, 0.29) is 17.1 Å². The molecule has 0 atom stereocenters. The molecule has 0 aliphatic carbocycles. The molecule has 29 heavy (non-hydrogen) atoms. The number of amides is 1. The number of benzene rings is 2. The molecule has 2 aromatic carbocycles. The Morgan fingerprint density at radius 3 is 2.34 bits per heavy atom. The molecule has 0 saturated carbocycles. The molecule has 150 valence electrons. The van der Waals surface area contributed by atoms with Crippen LogP contribution in [0.15, 0.2) is 76.4 Å². The van der Waals surface area contributed by atoms with Gasteiger partial charge in [-0.2, -0.15) is 5.10 Å². The summed E-state index contributed by atoms with van der Waals surface area (Å²) in [5.41, 5.74) is 1.06. The van der Waals surface area contributed by atoms with E-state index in [1.807, 2.05) is 30.3 Å². The van der Waals surface area contributed by atoms with E-state index in [0.29, 0.717) is 5.69 Å². The van der Waals surface area contributed by atoms with Crippen LogP contribution in [0, 0.1) is 0 Å². The standard InChI is InChI=1S/C20H20N4O4S/c1-23(2)29(27,28)18-11-7-6-10-17(18)21-19(25)14-24-20(26)13-12-16(22-24)15-8-4-3-5-9-15/h3-13H,14H2,1-2H3,(H,21,25). The van der Waals surface area contributed by atoms with Crippen LogP contribution in [-0.2, 0) is 21.4 Å². The molecule has 8 nitrogen and oxygen atoms in total. The highest BCUT2D eigenvalue weighted by molar-refractivity contribution is 7.89. The third-order valence-electron chi connectivity index (χ3n) is 4.15. The Kier molecular flexibility index (Phi) is 5.90. The minimum atomic E-state index is -3.74. The number of hydrogen-bond acceptors (Lipinski definition) is 5. The van der Waals surface area contributed by atoms with Gasteiger partial charge < -0.3 is 5.32 Å². The van der Waals surface area contributed by atoms with Crippen molar-refractivity contribution in [1.82, 2.24) is 14.1 Å². The monoisotopic (exact) mass is 412 g/mol. The van der Waals surface area contributed by atoms with E-state index in [9.17, 15) is 18.0 Å². The first-order valence-electron chi connectivity index (χ1n) is 8.74. The highest BCUT2D eigenvalue weighted by atomic mass is 32.2. The zero-order chi connectivity index (χ0) is 21.0. The number of anilines is 1. The van der Waals surface area contributed by atoms with Crippen molar-refractivity contribution in [2.75, 3.05) is 19.4 Å². The SMILES string of the molecule is CN(C)S(=O)(=O)c1ccccc1NC(=O)Cn1nc(-c2ccccc2)ccc1=O. The second-order valence-electron chi connectivity index (χ2n) is 6.41. The Morgan fingerprint density at radius 1 is 1.00 bits per heavy atom. The molecule has 0 spiro atoms. The lowest BCUT2D eigenvalue weighted by Gasteiger charge is -2.15. The van der Waals surface area contributed by atoms with E-state index in [2.05, 4.69) is 10.4 Å². The van der Waals surface area contributed by atoms with E-state index in [4.69, 9.17) is 0 Å². The van der Waals surface area contributed by atoms with Gasteiger partial charge in [-0.3, -0.25) is 9.59 Å². The first-order chi connectivity index (χ1) is 13.8. The molecule has 1 N–H and O–H groups in total. The van der Waals surface area contributed by atoms with Gasteiger partial charge in [-0.25, -0.2) is 17.4 Å². The molecule has 3 aromatic rings. The number of rotatable bonds is 6. The van der Waals surface area contributed by atoms with Crippen LogP contribution in [0.3, 0.4) is 0 Å². The summed E-state index contributed by atoms with van der Waals surface area (Å²) in [5.74, 6) is -0.564. The van der Waals surface area contributed by atoms with Crippen molar-refractivity contribution in [2.24, 2.45) is 0 Å². The molecule has 0 fully saturated rings. The fourth-order valence-electron chi connectivity index (χ4n) is 2.64. The molecular weight excluding hydrogens is 392 g/mol. The van der Waals surface area contributed by atoms with Gasteiger partial charge in [0.05, 0.1) is 11.4 Å². The summed E-state index contributed by atoms with van der Waals surface area (Å²) in [6.07, 6.45) is 0. The Labute approximate surface area is 168 Å². The quantitative estimate of drug-likeness (QED) is 0.665. The molecule has 9 heteroatoms. The van der Waals surface area contributed by atoms with Gasteiger partial charge in [0, 0.05) is 25.7 Å². The predicted octanol–water partition coefficient (Wildman–Crippen LogP) is 1.80. The van der Waals surface area contributed by atoms with Crippen LogP contribution < -0.4 is 10.9 Å². The van der Waals surface area contributed by atoms with Crippen LogP contribution in [0.4, 0.5) is 5.69 Å². The maximum Gasteiger partial charge on any atom is 0.267 e. The third kappa shape index (κ3) is 4.58. The molecule has 1 heterocycles. The minimum Gasteiger partial charge on any atom is -0.323 e. The number of aromatic nitrogens is 2. The summed E-state index contributed by atoms with van der Waals surface area (Å²) in [7, 11) is -0.924. The van der Waals surface area contributed by atoms with E-state index in [1.54, 1.807) is 18.2 Å². The number of carbonyl (C=O) groups is 1. The average Bonchev–Trinajstić information content (AvgIpc) is 2.70. The van der Waals surface area contributed by atoms with Gasteiger partial charge >= 0.3 is 0 Å². The highest BCUT2D eigenvalue weighted by Gasteiger charge is 2.22. The van der Waals surface area contributed by atoms with Gasteiger partial charge in [0.15, 0.2) is 0 Å². The normalized spacial score (nSPS) is 11.4. The van der Waals surface area contributed by atoms with Gasteiger partial charge in [0.1, 0.15) is 11.4 Å². The molecule has 0 unspecified atom stereocenters. The van der Waals surface area contributed by atoms with Crippen LogP contribution in [0.1, 0.15) is 0 Å². The lowest BCUT2D eigenvalue weighted by Crippen LogP contribution is -2.30. The minimum absolute atomic E-state index is 0.0308. The summed E-state index contributed by atoms with van der Waals surface area (Å²) in [6, 6.07) is 18.3. The largest absolute Gasteiger partial charge is 0.323 e. The van der Waals surface area contributed by atoms with Crippen molar-refractivity contribution in [3.63, 3.8) is 0 Å². The molecule has 1 aromatic heterocycles. The number of sulfonamides is 1. The molecule has 0 radical (unpaired) electrons. The number of hydrogen-bond donors (Lipinski definition) is 1. The molecule has 0 aliphatic rings. The van der Waals surface area contributed by atoms with Crippen LogP contribution >= 0.6 is 0 Å². The maximum atomic E-state index is 12.5. The smallest absolute Gasteiger partial charge is 0.267 e. The Bertz CT molecular complexity index is 1190.